The molecule has 320 valence electrons. The minimum Gasteiger partial charge on any atom is -0.481 e. The number of halogens is 1. The molecule has 2 atom stereocenters. The van der Waals surface area contributed by atoms with Crippen molar-refractivity contribution in [1.82, 2.24) is 4.98 Å². The van der Waals surface area contributed by atoms with Gasteiger partial charge in [-0.05, 0) is 82.5 Å². The molecule has 12 heteroatoms. The molecule has 1 aliphatic carbocycles. The summed E-state index contributed by atoms with van der Waals surface area (Å²) in [6, 6.07) is 13.0. The van der Waals surface area contributed by atoms with Gasteiger partial charge in [-0.1, -0.05) is 85.5 Å². The van der Waals surface area contributed by atoms with E-state index in [0.29, 0.717) is 18.8 Å². The van der Waals surface area contributed by atoms with E-state index in [9.17, 15) is 13.8 Å². The number of carbonyl (C=O) groups is 1. The fourth-order valence-corrected chi connectivity index (χ4v) is 10.3. The summed E-state index contributed by atoms with van der Waals surface area (Å²) >= 11 is 0. The number of pyridine rings is 1. The Balaban J connectivity index is 1.59. The molecule has 0 bridgehead atoms. The molecule has 1 saturated heterocycles. The molecule has 0 amide bonds. The van der Waals surface area contributed by atoms with Gasteiger partial charge in [-0.25, -0.2) is 4.39 Å². The van der Waals surface area contributed by atoms with Crippen LogP contribution in [0, 0.1) is 16.6 Å². The molecule has 3 aromatic rings. The number of aromatic nitrogens is 1. The van der Waals surface area contributed by atoms with Crippen molar-refractivity contribution in [3.05, 3.63) is 65.6 Å². The number of ether oxygens (including phenoxy) is 4. The highest BCUT2D eigenvalue weighted by atomic mass is 31.2. The van der Waals surface area contributed by atoms with Crippen LogP contribution in [0.15, 0.2) is 48.5 Å². The highest BCUT2D eigenvalue weighted by Crippen LogP contribution is 2.53. The normalized spacial score (nSPS) is 19.4. The van der Waals surface area contributed by atoms with E-state index >= 15 is 0 Å². The maximum absolute atomic E-state index is 14.4. The molecule has 0 radical (unpaired) electrons. The topological polar surface area (TPSA) is 102 Å². The quantitative estimate of drug-likeness (QED) is 0.0792. The Labute approximate surface area is 347 Å². The zero-order valence-electron chi connectivity index (χ0n) is 37.1. The zero-order valence-corrected chi connectivity index (χ0v) is 39.0. The van der Waals surface area contributed by atoms with Gasteiger partial charge in [0.2, 0.25) is 0 Å². The van der Waals surface area contributed by atoms with Gasteiger partial charge < -0.3 is 28.0 Å². The molecular weight excluding hydrogens is 773 g/mol. The lowest BCUT2D eigenvalue weighted by Crippen LogP contribution is -2.63. The van der Waals surface area contributed by atoms with Crippen LogP contribution in [0.4, 0.5) is 4.39 Å². The third-order valence-corrected chi connectivity index (χ3v) is 14.0. The molecule has 58 heavy (non-hydrogen) atoms. The van der Waals surface area contributed by atoms with Crippen LogP contribution in [0.25, 0.3) is 28.1 Å². The number of esters is 1. The Morgan fingerprint density at radius 3 is 2.14 bits per heavy atom. The van der Waals surface area contributed by atoms with Crippen LogP contribution in [-0.2, 0) is 32.6 Å². The third-order valence-electron chi connectivity index (χ3n) is 10.4. The molecule has 1 aliphatic heterocycles. The van der Waals surface area contributed by atoms with Gasteiger partial charge >= 0.3 is 13.6 Å². The van der Waals surface area contributed by atoms with E-state index in [2.05, 4.69) is 73.3 Å². The number of benzene rings is 2. The van der Waals surface area contributed by atoms with Crippen LogP contribution < -0.4 is 4.74 Å². The first-order valence-corrected chi connectivity index (χ1v) is 26.3. The molecule has 9 nitrogen and oxygen atoms in total. The van der Waals surface area contributed by atoms with Crippen LogP contribution >= 0.6 is 7.60 Å². The number of carbonyl (C=O) groups excluding carboxylic acids is 1. The maximum Gasteiger partial charge on any atom is 0.368 e. The van der Waals surface area contributed by atoms with Crippen LogP contribution in [0.1, 0.15) is 112 Å². The van der Waals surface area contributed by atoms with Crippen LogP contribution in [-0.4, -0.2) is 62.2 Å². The maximum atomic E-state index is 14.4. The molecule has 0 unspecified atom stereocenters. The molecule has 2 aliphatic rings. The van der Waals surface area contributed by atoms with Crippen molar-refractivity contribution in [3.8, 4) is 16.9 Å². The average molecular weight is 840 g/mol. The summed E-state index contributed by atoms with van der Waals surface area (Å²) < 4.78 is 65.5. The largest absolute Gasteiger partial charge is 0.481 e. The van der Waals surface area contributed by atoms with E-state index in [1.807, 2.05) is 45.9 Å². The highest BCUT2D eigenvalue weighted by molar-refractivity contribution is 7.53. The van der Waals surface area contributed by atoms with Crippen molar-refractivity contribution in [2.24, 2.45) is 10.8 Å². The summed E-state index contributed by atoms with van der Waals surface area (Å²) in [4.78, 5) is 18.5. The Bertz CT molecular complexity index is 1950. The molecule has 2 aromatic carbocycles. The first-order chi connectivity index (χ1) is 26.9. The van der Waals surface area contributed by atoms with E-state index in [1.165, 1.54) is 12.1 Å². The lowest BCUT2D eigenvalue weighted by molar-refractivity contribution is -0.389. The lowest BCUT2D eigenvalue weighted by atomic mass is 9.69. The summed E-state index contributed by atoms with van der Waals surface area (Å²) in [6.45, 7) is 27.1. The van der Waals surface area contributed by atoms with Crippen LogP contribution in [0.2, 0.25) is 25.7 Å². The summed E-state index contributed by atoms with van der Waals surface area (Å²) in [5, 5.41) is 0.795. The highest BCUT2D eigenvalue weighted by Gasteiger charge is 2.58. The van der Waals surface area contributed by atoms with Crippen molar-refractivity contribution in [1.29, 1.82) is 0 Å². The van der Waals surface area contributed by atoms with Crippen LogP contribution in [0.5, 0.6) is 5.75 Å². The minimum absolute atomic E-state index is 0.124. The van der Waals surface area contributed by atoms with Gasteiger partial charge in [-0.15, -0.1) is 0 Å². The number of rotatable bonds is 16. The molecule has 5 rings (SSSR count). The summed E-state index contributed by atoms with van der Waals surface area (Å²) in [6.07, 6.45) is 4.99. The SMILES string of the molecule is CC(C)OP(=O)(COc1ccc2nc(C3CC3)c(C=C[C@@H]3C[C@H](CC(=O)OCC[Si](C)(C)C)OC(C(C)(C)C)(C(C)(C)C)O3)c(-c3ccc(F)cc3)c2c1)OC(C)C. The van der Waals surface area contributed by atoms with E-state index in [1.54, 1.807) is 12.1 Å². The number of fused-ring (bicyclic) bond motifs is 1. The first kappa shape index (κ1) is 46.1. The van der Waals surface area contributed by atoms with Crippen molar-refractivity contribution >= 4 is 38.6 Å². The van der Waals surface area contributed by atoms with Crippen molar-refractivity contribution in [2.75, 3.05) is 13.0 Å². The molecule has 2 fully saturated rings. The number of nitrogens with zero attached hydrogens (tertiary/aromatic N) is 1. The Morgan fingerprint density at radius 1 is 0.966 bits per heavy atom. The summed E-state index contributed by atoms with van der Waals surface area (Å²) in [5.74, 6) is -0.901. The van der Waals surface area contributed by atoms with E-state index in [4.69, 9.17) is 33.0 Å². The minimum atomic E-state index is -3.59. The average Bonchev–Trinajstić information content (AvgIpc) is 3.93. The van der Waals surface area contributed by atoms with Gasteiger partial charge in [-0.2, -0.15) is 0 Å². The Morgan fingerprint density at radius 2 is 1.59 bits per heavy atom. The van der Waals surface area contributed by atoms with Gasteiger partial charge in [0.05, 0.1) is 48.7 Å². The van der Waals surface area contributed by atoms with E-state index in [-0.39, 0.29) is 42.7 Å². The third kappa shape index (κ3) is 11.7. The number of hydrogen-bond acceptors (Lipinski definition) is 9. The van der Waals surface area contributed by atoms with Crippen molar-refractivity contribution in [2.45, 2.75) is 157 Å². The monoisotopic (exact) mass is 839 g/mol. The summed E-state index contributed by atoms with van der Waals surface area (Å²) in [5.41, 5.74) is 3.41. The summed E-state index contributed by atoms with van der Waals surface area (Å²) in [7, 11) is -4.96. The molecule has 2 heterocycles. The second-order valence-corrected chi connectivity index (χ2v) is 27.3. The van der Waals surface area contributed by atoms with Crippen molar-refractivity contribution < 1.29 is 41.7 Å². The Kier molecular flexibility index (Phi) is 14.3. The van der Waals surface area contributed by atoms with E-state index in [0.717, 1.165) is 52.2 Å². The fraction of sp³-hybridized carbons (Fsp3) is 0.609. The first-order valence-electron chi connectivity index (χ1n) is 20.9. The molecule has 1 saturated carbocycles. The second kappa shape index (κ2) is 18.0. The molecular formula is C46H67FNO8PSi. The predicted octanol–water partition coefficient (Wildman–Crippen LogP) is 12.5. The second-order valence-electron chi connectivity index (χ2n) is 19.8. The van der Waals surface area contributed by atoms with Gasteiger partial charge in [0, 0.05) is 47.8 Å². The van der Waals surface area contributed by atoms with Crippen molar-refractivity contribution in [3.63, 3.8) is 0 Å². The zero-order chi connectivity index (χ0) is 42.8. The standard InChI is InChI=1S/C46H67FNO8PSi/c1-30(2)55-57(50,56-31(3)4)29-52-35-21-23-40-39(27-35)42(32-16-18-34(47)19-17-32)38(43(48-40)33-14-15-33)22-20-36-26-37(28-41(49)51-24-25-58(11,12)13)54-46(53-36,44(5,6)7)45(8,9)10/h16-23,27,30-31,33,36-37H,14-15,24-26,28-29H2,1-13H3/t36-,37-/m1/s1. The van der Waals surface area contributed by atoms with Gasteiger partial charge in [0.15, 0.2) is 12.1 Å². The smallest absolute Gasteiger partial charge is 0.368 e. The molecule has 1 aromatic heterocycles. The van der Waals surface area contributed by atoms with Gasteiger partial charge in [0.25, 0.3) is 0 Å². The van der Waals surface area contributed by atoms with Crippen LogP contribution in [0.3, 0.4) is 0 Å². The fourth-order valence-electron chi connectivity index (χ4n) is 7.84. The molecule has 0 spiro atoms. The lowest BCUT2D eigenvalue weighted by Gasteiger charge is -2.57. The number of hydrogen-bond donors (Lipinski definition) is 0. The Hall–Kier alpha value is -2.92. The molecule has 0 N–H and O–H groups in total. The van der Waals surface area contributed by atoms with Gasteiger partial charge in [-0.3, -0.25) is 14.3 Å². The predicted molar refractivity (Wildman–Crippen MR) is 233 cm³/mol. The van der Waals surface area contributed by atoms with E-state index < -0.39 is 44.5 Å². The van der Waals surface area contributed by atoms with Gasteiger partial charge in [0.1, 0.15) is 11.6 Å².